The number of aromatic nitrogens is 1. The van der Waals surface area contributed by atoms with Crippen molar-refractivity contribution in [1.29, 1.82) is 0 Å². The lowest BCUT2D eigenvalue weighted by Crippen LogP contribution is -2.27. The van der Waals surface area contributed by atoms with Gasteiger partial charge in [-0.25, -0.2) is 4.98 Å². The van der Waals surface area contributed by atoms with Crippen LogP contribution < -0.4 is 9.47 Å². The van der Waals surface area contributed by atoms with Crippen LogP contribution in [0.4, 0.5) is 0 Å². The number of hydrogen-bond donors (Lipinski definition) is 0. The Morgan fingerprint density at radius 1 is 1.11 bits per heavy atom. The Balaban J connectivity index is 1.63. The highest BCUT2D eigenvalue weighted by atomic mass is 35.5. The highest BCUT2D eigenvalue weighted by Crippen LogP contribution is 2.33. The van der Waals surface area contributed by atoms with Gasteiger partial charge >= 0.3 is 0 Å². The minimum atomic E-state index is -0.0329. The Morgan fingerprint density at radius 2 is 1.89 bits per heavy atom. The quantitative estimate of drug-likeness (QED) is 0.595. The van der Waals surface area contributed by atoms with Gasteiger partial charge in [0, 0.05) is 31.0 Å². The van der Waals surface area contributed by atoms with E-state index in [4.69, 9.17) is 21.1 Å². The number of carbonyl (C=O) groups excluding carboxylic acids is 1. The molecule has 0 saturated carbocycles. The molecule has 0 aliphatic carbocycles. The molecule has 0 bridgehead atoms. The molecule has 0 fully saturated rings. The lowest BCUT2D eigenvalue weighted by molar-refractivity contribution is -0.130. The second kappa shape index (κ2) is 7.32. The van der Waals surface area contributed by atoms with Gasteiger partial charge in [0.2, 0.25) is 12.7 Å². The first-order valence-electron chi connectivity index (χ1n) is 9.11. The van der Waals surface area contributed by atoms with Crippen LogP contribution >= 0.6 is 11.6 Å². The lowest BCUT2D eigenvalue weighted by Gasteiger charge is -2.22. The Labute approximate surface area is 168 Å². The van der Waals surface area contributed by atoms with E-state index in [2.05, 4.69) is 18.0 Å². The highest BCUT2D eigenvalue weighted by molar-refractivity contribution is 6.30. The lowest BCUT2D eigenvalue weighted by atomic mass is 10.0. The molecule has 1 amide bonds. The molecular weight excluding hydrogens is 376 g/mol. The standard InChI is InChI=1S/C22H21ClN2O3/c1-13-6-14(2)18-9-17(22(23)24-19(18)7-13)11-25(15(3)26)10-16-4-5-20-21(8-16)28-12-27-20/h4-9H,10-12H2,1-3H3. The van der Waals surface area contributed by atoms with Crippen LogP contribution in [0.1, 0.15) is 29.2 Å². The fourth-order valence-corrected chi connectivity index (χ4v) is 3.71. The molecule has 0 radical (unpaired) electrons. The zero-order valence-electron chi connectivity index (χ0n) is 16.1. The van der Waals surface area contributed by atoms with Crippen LogP contribution in [0.5, 0.6) is 11.5 Å². The number of fused-ring (bicyclic) bond motifs is 2. The second-order valence-electron chi connectivity index (χ2n) is 7.15. The molecule has 1 aliphatic heterocycles. The summed E-state index contributed by atoms with van der Waals surface area (Å²) in [6, 6.07) is 11.9. The van der Waals surface area contributed by atoms with Gasteiger partial charge < -0.3 is 14.4 Å². The van der Waals surface area contributed by atoms with Crippen LogP contribution in [0.3, 0.4) is 0 Å². The third-order valence-electron chi connectivity index (χ3n) is 4.93. The van der Waals surface area contributed by atoms with E-state index in [9.17, 15) is 4.79 Å². The Kier molecular flexibility index (Phi) is 4.85. The van der Waals surface area contributed by atoms with Crippen LogP contribution in [-0.4, -0.2) is 22.6 Å². The number of aryl methyl sites for hydroxylation is 2. The monoisotopic (exact) mass is 396 g/mol. The molecule has 6 heteroatoms. The van der Waals surface area contributed by atoms with Gasteiger partial charge in [0.05, 0.1) is 5.52 Å². The Morgan fingerprint density at radius 3 is 2.68 bits per heavy atom. The van der Waals surface area contributed by atoms with E-state index >= 15 is 0 Å². The third-order valence-corrected chi connectivity index (χ3v) is 5.26. The van der Waals surface area contributed by atoms with E-state index in [1.807, 2.05) is 37.3 Å². The molecule has 1 aliphatic rings. The molecule has 28 heavy (non-hydrogen) atoms. The van der Waals surface area contributed by atoms with Gasteiger partial charge in [-0.1, -0.05) is 23.7 Å². The molecule has 1 aromatic heterocycles. The summed E-state index contributed by atoms with van der Waals surface area (Å²) in [5.74, 6) is 1.40. The average molecular weight is 397 g/mol. The molecule has 2 aromatic carbocycles. The minimum Gasteiger partial charge on any atom is -0.454 e. The van der Waals surface area contributed by atoms with Gasteiger partial charge in [-0.3, -0.25) is 4.79 Å². The number of rotatable bonds is 4. The van der Waals surface area contributed by atoms with E-state index < -0.39 is 0 Å². The van der Waals surface area contributed by atoms with Gasteiger partial charge in [-0.05, 0) is 54.8 Å². The molecule has 5 nitrogen and oxygen atoms in total. The molecule has 0 unspecified atom stereocenters. The summed E-state index contributed by atoms with van der Waals surface area (Å²) < 4.78 is 10.8. The smallest absolute Gasteiger partial charge is 0.231 e. The summed E-state index contributed by atoms with van der Waals surface area (Å²) in [4.78, 5) is 18.6. The molecule has 0 saturated heterocycles. The maximum absolute atomic E-state index is 12.3. The third kappa shape index (κ3) is 3.62. The van der Waals surface area contributed by atoms with Crippen LogP contribution in [0.25, 0.3) is 10.9 Å². The zero-order chi connectivity index (χ0) is 19.8. The summed E-state index contributed by atoms with van der Waals surface area (Å²) in [7, 11) is 0. The SMILES string of the molecule is CC(=O)N(Cc1ccc2c(c1)OCO2)Cc1cc2c(C)cc(C)cc2nc1Cl. The molecule has 144 valence electrons. The van der Waals surface area contributed by atoms with E-state index in [1.165, 1.54) is 0 Å². The number of halogens is 1. The van der Waals surface area contributed by atoms with Gasteiger partial charge in [0.15, 0.2) is 11.5 Å². The van der Waals surface area contributed by atoms with Gasteiger partial charge in [0.1, 0.15) is 5.15 Å². The predicted octanol–water partition coefficient (Wildman–Crippen LogP) is 4.78. The number of benzene rings is 2. The van der Waals surface area contributed by atoms with Gasteiger partial charge in [-0.2, -0.15) is 0 Å². The molecule has 0 N–H and O–H groups in total. The maximum Gasteiger partial charge on any atom is 0.231 e. The van der Waals surface area contributed by atoms with E-state index in [0.717, 1.165) is 38.9 Å². The van der Waals surface area contributed by atoms with Crippen molar-refractivity contribution in [3.05, 3.63) is 63.8 Å². The molecule has 0 spiro atoms. The van der Waals surface area contributed by atoms with Crippen molar-refractivity contribution in [2.45, 2.75) is 33.9 Å². The zero-order valence-corrected chi connectivity index (χ0v) is 16.8. The van der Waals surface area contributed by atoms with Crippen LogP contribution in [-0.2, 0) is 17.9 Å². The number of pyridine rings is 1. The summed E-state index contributed by atoms with van der Waals surface area (Å²) in [6.07, 6.45) is 0. The number of hydrogen-bond acceptors (Lipinski definition) is 4. The first kappa shape index (κ1) is 18.6. The van der Waals surface area contributed by atoms with Gasteiger partial charge in [0.25, 0.3) is 0 Å². The number of amides is 1. The number of nitrogens with zero attached hydrogens (tertiary/aromatic N) is 2. The van der Waals surface area contributed by atoms with Crippen LogP contribution in [0.15, 0.2) is 36.4 Å². The number of ether oxygens (including phenoxy) is 2. The largest absolute Gasteiger partial charge is 0.454 e. The Hall–Kier alpha value is -2.79. The first-order chi connectivity index (χ1) is 13.4. The molecule has 2 heterocycles. The van der Waals surface area contributed by atoms with Crippen molar-refractivity contribution in [3.8, 4) is 11.5 Å². The fourth-order valence-electron chi connectivity index (χ4n) is 3.50. The van der Waals surface area contributed by atoms with E-state index in [0.29, 0.717) is 24.0 Å². The van der Waals surface area contributed by atoms with E-state index in [1.54, 1.807) is 11.8 Å². The maximum atomic E-state index is 12.3. The van der Waals surface area contributed by atoms with Crippen molar-refractivity contribution in [3.63, 3.8) is 0 Å². The van der Waals surface area contributed by atoms with Crippen molar-refractivity contribution in [2.75, 3.05) is 6.79 Å². The minimum absolute atomic E-state index is 0.0329. The summed E-state index contributed by atoms with van der Waals surface area (Å²) >= 11 is 6.45. The highest BCUT2D eigenvalue weighted by Gasteiger charge is 2.18. The Bertz CT molecular complexity index is 1080. The molecule has 3 aromatic rings. The van der Waals surface area contributed by atoms with Crippen molar-refractivity contribution in [1.82, 2.24) is 9.88 Å². The molecule has 4 rings (SSSR count). The second-order valence-corrected chi connectivity index (χ2v) is 7.51. The number of carbonyl (C=O) groups is 1. The van der Waals surface area contributed by atoms with Crippen molar-refractivity contribution >= 4 is 28.4 Å². The van der Waals surface area contributed by atoms with Crippen LogP contribution in [0, 0.1) is 13.8 Å². The first-order valence-corrected chi connectivity index (χ1v) is 9.49. The van der Waals surface area contributed by atoms with Crippen molar-refractivity contribution < 1.29 is 14.3 Å². The van der Waals surface area contributed by atoms with E-state index in [-0.39, 0.29) is 12.7 Å². The average Bonchev–Trinajstić information content (AvgIpc) is 3.09. The van der Waals surface area contributed by atoms with Gasteiger partial charge in [-0.15, -0.1) is 0 Å². The molecule has 0 atom stereocenters. The topological polar surface area (TPSA) is 51.7 Å². The summed E-state index contributed by atoms with van der Waals surface area (Å²) in [6.45, 7) is 6.73. The van der Waals surface area contributed by atoms with Crippen molar-refractivity contribution in [2.24, 2.45) is 0 Å². The summed E-state index contributed by atoms with van der Waals surface area (Å²) in [5, 5.41) is 1.48. The molecular formula is C22H21ClN2O3. The van der Waals surface area contributed by atoms with Crippen LogP contribution in [0.2, 0.25) is 5.15 Å². The predicted molar refractivity (Wildman–Crippen MR) is 109 cm³/mol. The normalized spacial score (nSPS) is 12.4. The fraction of sp³-hybridized carbons (Fsp3) is 0.273. The summed E-state index contributed by atoms with van der Waals surface area (Å²) in [5.41, 5.74) is 4.96.